The molecule has 1 aliphatic rings. The predicted molar refractivity (Wildman–Crippen MR) is 72.8 cm³/mol. The first-order valence-electron chi connectivity index (χ1n) is 6.25. The smallest absolute Gasteiger partial charge is 0.335 e. The molecule has 0 atom stereocenters. The number of ether oxygens (including phenoxy) is 1. The van der Waals surface area contributed by atoms with Crippen LogP contribution in [0, 0.1) is 6.92 Å². The van der Waals surface area contributed by atoms with Crippen LogP contribution >= 0.6 is 0 Å². The molecular weight excluding hydrogens is 240 g/mol. The van der Waals surface area contributed by atoms with Crippen molar-refractivity contribution in [2.75, 3.05) is 6.61 Å². The Kier molecular flexibility index (Phi) is 2.75. The number of carboxylic acids is 1. The fourth-order valence-electron chi connectivity index (χ4n) is 2.40. The molecule has 0 aliphatic carbocycles. The highest BCUT2D eigenvalue weighted by molar-refractivity contribution is 5.91. The Bertz CT molecular complexity index is 659. The monoisotopic (exact) mass is 254 g/mol. The molecule has 0 aromatic heterocycles. The second kappa shape index (κ2) is 4.43. The highest BCUT2D eigenvalue weighted by Gasteiger charge is 2.14. The maximum absolute atomic E-state index is 11.2. The Hall–Kier alpha value is -2.29. The van der Waals surface area contributed by atoms with Crippen molar-refractivity contribution in [3.63, 3.8) is 0 Å². The first kappa shape index (κ1) is 11.8. The van der Waals surface area contributed by atoms with Gasteiger partial charge in [0.15, 0.2) is 0 Å². The molecule has 0 amide bonds. The van der Waals surface area contributed by atoms with E-state index in [2.05, 4.69) is 6.07 Å². The van der Waals surface area contributed by atoms with Crippen molar-refractivity contribution < 1.29 is 14.6 Å². The van der Waals surface area contributed by atoms with Crippen LogP contribution in [0.25, 0.3) is 11.1 Å². The Morgan fingerprint density at radius 3 is 2.68 bits per heavy atom. The molecule has 0 saturated carbocycles. The zero-order valence-electron chi connectivity index (χ0n) is 10.6. The molecule has 0 unspecified atom stereocenters. The lowest BCUT2D eigenvalue weighted by Gasteiger charge is -2.07. The molecule has 0 bridgehead atoms. The van der Waals surface area contributed by atoms with E-state index >= 15 is 0 Å². The van der Waals surface area contributed by atoms with Crippen LogP contribution in [0.5, 0.6) is 5.75 Å². The first-order valence-corrected chi connectivity index (χ1v) is 6.25. The molecule has 1 aliphatic heterocycles. The fourth-order valence-corrected chi connectivity index (χ4v) is 2.40. The molecule has 3 heteroatoms. The van der Waals surface area contributed by atoms with Gasteiger partial charge in [0.25, 0.3) is 0 Å². The minimum absolute atomic E-state index is 0.356. The summed E-state index contributed by atoms with van der Waals surface area (Å²) in [6.07, 6.45) is 0.917. The van der Waals surface area contributed by atoms with Gasteiger partial charge < -0.3 is 9.84 Å². The summed E-state index contributed by atoms with van der Waals surface area (Å²) in [7, 11) is 0. The van der Waals surface area contributed by atoms with Gasteiger partial charge in [0.1, 0.15) is 5.75 Å². The maximum atomic E-state index is 11.2. The molecular formula is C16H14O3. The fraction of sp³-hybridized carbons (Fsp3) is 0.188. The number of aryl methyl sites for hydroxylation is 1. The van der Waals surface area contributed by atoms with Gasteiger partial charge in [0.05, 0.1) is 12.2 Å². The van der Waals surface area contributed by atoms with Crippen molar-refractivity contribution in [1.82, 2.24) is 0 Å². The molecule has 0 radical (unpaired) electrons. The van der Waals surface area contributed by atoms with Crippen molar-refractivity contribution in [1.29, 1.82) is 0 Å². The molecule has 1 heterocycles. The summed E-state index contributed by atoms with van der Waals surface area (Å²) in [5, 5.41) is 9.17. The number of carbonyl (C=O) groups is 1. The Balaban J connectivity index is 2.07. The van der Waals surface area contributed by atoms with Crippen LogP contribution < -0.4 is 4.74 Å². The third kappa shape index (κ3) is 2.08. The second-order valence-electron chi connectivity index (χ2n) is 4.76. The average molecular weight is 254 g/mol. The number of fused-ring (bicyclic) bond motifs is 1. The number of carboxylic acid groups (broad SMARTS) is 1. The summed E-state index contributed by atoms with van der Waals surface area (Å²) in [6, 6.07) is 11.5. The van der Waals surface area contributed by atoms with Gasteiger partial charge in [-0.05, 0) is 47.4 Å². The van der Waals surface area contributed by atoms with Crippen LogP contribution in [0.1, 0.15) is 21.5 Å². The zero-order valence-corrected chi connectivity index (χ0v) is 10.6. The summed E-state index contributed by atoms with van der Waals surface area (Å²) < 4.78 is 5.48. The van der Waals surface area contributed by atoms with Crippen LogP contribution in [-0.4, -0.2) is 17.7 Å². The quantitative estimate of drug-likeness (QED) is 0.894. The van der Waals surface area contributed by atoms with Gasteiger partial charge in [-0.2, -0.15) is 0 Å². The van der Waals surface area contributed by atoms with Gasteiger partial charge in [-0.1, -0.05) is 18.2 Å². The van der Waals surface area contributed by atoms with E-state index in [0.717, 1.165) is 35.5 Å². The van der Waals surface area contributed by atoms with E-state index < -0.39 is 5.97 Å². The van der Waals surface area contributed by atoms with Crippen LogP contribution in [0.3, 0.4) is 0 Å². The largest absolute Gasteiger partial charge is 0.493 e. The van der Waals surface area contributed by atoms with E-state index in [4.69, 9.17) is 4.74 Å². The average Bonchev–Trinajstić information content (AvgIpc) is 2.86. The van der Waals surface area contributed by atoms with Crippen LogP contribution in [0.2, 0.25) is 0 Å². The zero-order chi connectivity index (χ0) is 13.4. The van der Waals surface area contributed by atoms with Crippen LogP contribution in [-0.2, 0) is 6.42 Å². The summed E-state index contributed by atoms with van der Waals surface area (Å²) in [5.74, 6) is 0.0539. The predicted octanol–water partition coefficient (Wildman–Crippen LogP) is 3.30. The molecule has 0 saturated heterocycles. The van der Waals surface area contributed by atoms with Gasteiger partial charge in [-0.25, -0.2) is 4.79 Å². The van der Waals surface area contributed by atoms with Gasteiger partial charge in [0, 0.05) is 6.42 Å². The van der Waals surface area contributed by atoms with Crippen molar-refractivity contribution in [2.24, 2.45) is 0 Å². The number of hydrogen-bond acceptors (Lipinski definition) is 2. The Morgan fingerprint density at radius 1 is 1.16 bits per heavy atom. The standard InChI is InChI=1S/C16H14O3/c1-10-2-3-12(9-14(10)16(17)18)11-4-5-15-13(8-11)6-7-19-15/h2-5,8-9H,6-7H2,1H3,(H,17,18). The number of benzene rings is 2. The van der Waals surface area contributed by atoms with Gasteiger partial charge in [-0.15, -0.1) is 0 Å². The molecule has 3 nitrogen and oxygen atoms in total. The Labute approximate surface area is 111 Å². The summed E-state index contributed by atoms with van der Waals surface area (Å²) >= 11 is 0. The van der Waals surface area contributed by atoms with E-state index in [1.807, 2.05) is 31.2 Å². The van der Waals surface area contributed by atoms with E-state index in [-0.39, 0.29) is 0 Å². The van der Waals surface area contributed by atoms with E-state index in [1.54, 1.807) is 6.07 Å². The van der Waals surface area contributed by atoms with E-state index in [9.17, 15) is 9.90 Å². The normalized spacial score (nSPS) is 12.9. The van der Waals surface area contributed by atoms with Gasteiger partial charge in [-0.3, -0.25) is 0 Å². The molecule has 1 N–H and O–H groups in total. The SMILES string of the molecule is Cc1ccc(-c2ccc3c(c2)CCO3)cc1C(=O)O. The van der Waals surface area contributed by atoms with Crippen molar-refractivity contribution >= 4 is 5.97 Å². The van der Waals surface area contributed by atoms with Gasteiger partial charge >= 0.3 is 5.97 Å². The van der Waals surface area contributed by atoms with E-state index in [1.165, 1.54) is 5.56 Å². The third-order valence-electron chi connectivity index (χ3n) is 3.49. The molecule has 2 aromatic carbocycles. The highest BCUT2D eigenvalue weighted by atomic mass is 16.5. The lowest BCUT2D eigenvalue weighted by atomic mass is 9.98. The lowest BCUT2D eigenvalue weighted by molar-refractivity contribution is 0.0696. The Morgan fingerprint density at radius 2 is 1.89 bits per heavy atom. The molecule has 19 heavy (non-hydrogen) atoms. The van der Waals surface area contributed by atoms with Crippen LogP contribution in [0.15, 0.2) is 36.4 Å². The van der Waals surface area contributed by atoms with Gasteiger partial charge in [0.2, 0.25) is 0 Å². The second-order valence-corrected chi connectivity index (χ2v) is 4.76. The number of hydrogen-bond donors (Lipinski definition) is 1. The summed E-state index contributed by atoms with van der Waals surface area (Å²) in [6.45, 7) is 2.54. The topological polar surface area (TPSA) is 46.5 Å². The first-order chi connectivity index (χ1) is 9.15. The number of rotatable bonds is 2. The molecule has 0 spiro atoms. The minimum Gasteiger partial charge on any atom is -0.493 e. The molecule has 0 fully saturated rings. The lowest BCUT2D eigenvalue weighted by Crippen LogP contribution is -1.99. The molecule has 3 rings (SSSR count). The number of aromatic carboxylic acids is 1. The minimum atomic E-state index is -0.885. The highest BCUT2D eigenvalue weighted by Crippen LogP contribution is 2.31. The molecule has 2 aromatic rings. The summed E-state index contributed by atoms with van der Waals surface area (Å²) in [4.78, 5) is 11.2. The van der Waals surface area contributed by atoms with Crippen molar-refractivity contribution in [3.05, 3.63) is 53.1 Å². The van der Waals surface area contributed by atoms with E-state index in [0.29, 0.717) is 5.56 Å². The van der Waals surface area contributed by atoms with Crippen molar-refractivity contribution in [2.45, 2.75) is 13.3 Å². The molecule has 96 valence electrons. The maximum Gasteiger partial charge on any atom is 0.335 e. The van der Waals surface area contributed by atoms with Crippen molar-refractivity contribution in [3.8, 4) is 16.9 Å². The van der Waals surface area contributed by atoms with Crippen LogP contribution in [0.4, 0.5) is 0 Å². The third-order valence-corrected chi connectivity index (χ3v) is 3.49. The summed E-state index contributed by atoms with van der Waals surface area (Å²) in [5.41, 5.74) is 4.29.